The second-order valence-electron chi connectivity index (χ2n) is 5.82. The van der Waals surface area contributed by atoms with Gasteiger partial charge in [-0.2, -0.15) is 0 Å². The Morgan fingerprint density at radius 1 is 1.24 bits per heavy atom. The number of carbonyl (C=O) groups is 1. The lowest BCUT2D eigenvalue weighted by Crippen LogP contribution is -2.45. The molecule has 1 aromatic carbocycles. The zero-order valence-corrected chi connectivity index (χ0v) is 13.3. The summed E-state index contributed by atoms with van der Waals surface area (Å²) in [6, 6.07) is 8.50. The summed E-state index contributed by atoms with van der Waals surface area (Å²) in [5.74, 6) is 0.626. The van der Waals surface area contributed by atoms with E-state index >= 15 is 0 Å². The van der Waals surface area contributed by atoms with Crippen LogP contribution in [0.1, 0.15) is 38.3 Å². The lowest BCUT2D eigenvalue weighted by Gasteiger charge is -2.42. The molecule has 1 fully saturated rings. The number of ether oxygens (including phenoxy) is 2. The number of hydrogen-bond donors (Lipinski definition) is 0. The van der Waals surface area contributed by atoms with E-state index < -0.39 is 0 Å². The highest BCUT2D eigenvalue weighted by atomic mass is 16.5. The van der Waals surface area contributed by atoms with Crippen molar-refractivity contribution in [2.24, 2.45) is 5.92 Å². The molecule has 1 aromatic rings. The topological polar surface area (TPSA) is 38.8 Å². The first-order chi connectivity index (χ1) is 10.1. The van der Waals surface area contributed by atoms with Gasteiger partial charge < -0.3 is 9.47 Å². The normalized spacial score (nSPS) is 23.1. The summed E-state index contributed by atoms with van der Waals surface area (Å²) in [5, 5.41) is 0. The Morgan fingerprint density at radius 2 is 1.90 bits per heavy atom. The number of rotatable bonds is 4. The van der Waals surface area contributed by atoms with Crippen molar-refractivity contribution < 1.29 is 14.3 Å². The van der Waals surface area contributed by atoms with Crippen LogP contribution in [0.25, 0.3) is 0 Å². The summed E-state index contributed by atoms with van der Waals surface area (Å²) in [6.07, 6.45) is 1.91. The first-order valence-electron chi connectivity index (χ1n) is 7.56. The molecule has 0 unspecified atom stereocenters. The highest BCUT2D eigenvalue weighted by molar-refractivity contribution is 5.73. The number of methoxy groups -OCH3 is 2. The summed E-state index contributed by atoms with van der Waals surface area (Å²) in [7, 11) is 3.13. The molecule has 0 radical (unpaired) electrons. The first-order valence-corrected chi connectivity index (χ1v) is 7.56. The fourth-order valence-electron chi connectivity index (χ4n) is 3.22. The molecule has 0 aliphatic carbocycles. The van der Waals surface area contributed by atoms with Gasteiger partial charge in [0.1, 0.15) is 5.75 Å². The van der Waals surface area contributed by atoms with Crippen molar-refractivity contribution in [1.82, 2.24) is 4.90 Å². The van der Waals surface area contributed by atoms with E-state index in [0.717, 1.165) is 30.7 Å². The molecule has 2 atom stereocenters. The Labute approximate surface area is 127 Å². The van der Waals surface area contributed by atoms with Crippen molar-refractivity contribution in [2.75, 3.05) is 20.8 Å². The van der Waals surface area contributed by atoms with Crippen LogP contribution in [0.2, 0.25) is 0 Å². The largest absolute Gasteiger partial charge is 0.497 e. The number of benzene rings is 1. The van der Waals surface area contributed by atoms with E-state index in [9.17, 15) is 4.79 Å². The minimum absolute atomic E-state index is 0.0807. The van der Waals surface area contributed by atoms with Crippen molar-refractivity contribution in [2.45, 2.75) is 38.8 Å². The number of likely N-dealkylation sites (tertiary alicyclic amines) is 1. The predicted molar refractivity (Wildman–Crippen MR) is 82.3 cm³/mol. The third kappa shape index (κ3) is 3.38. The molecular formula is C17H25NO3. The predicted octanol–water partition coefficient (Wildman–Crippen LogP) is 3.03. The molecule has 1 saturated heterocycles. The number of hydrogen-bond acceptors (Lipinski definition) is 4. The minimum Gasteiger partial charge on any atom is -0.497 e. The fraction of sp³-hybridized carbons (Fsp3) is 0.588. The Bertz CT molecular complexity index is 469. The monoisotopic (exact) mass is 291 g/mol. The van der Waals surface area contributed by atoms with Gasteiger partial charge in [0.2, 0.25) is 0 Å². The van der Waals surface area contributed by atoms with E-state index in [1.54, 1.807) is 7.11 Å². The third-order valence-corrected chi connectivity index (χ3v) is 4.29. The van der Waals surface area contributed by atoms with E-state index in [2.05, 4.69) is 30.9 Å². The number of esters is 1. The molecule has 0 spiro atoms. The van der Waals surface area contributed by atoms with Crippen LogP contribution in [0.3, 0.4) is 0 Å². The van der Waals surface area contributed by atoms with Gasteiger partial charge in [-0.3, -0.25) is 9.69 Å². The molecule has 0 bridgehead atoms. The molecule has 4 heteroatoms. The maximum atomic E-state index is 12.2. The van der Waals surface area contributed by atoms with Crippen LogP contribution in [-0.2, 0) is 9.53 Å². The molecule has 0 N–H and O–H groups in total. The van der Waals surface area contributed by atoms with E-state index in [0.29, 0.717) is 6.04 Å². The second kappa shape index (κ2) is 6.94. The molecule has 2 rings (SSSR count). The SMILES string of the molecule is COC(=O)[C@H]1CCCN(C(C)C)[C@@H]1c1ccc(OC)cc1. The molecular weight excluding hydrogens is 266 g/mol. The second-order valence-corrected chi connectivity index (χ2v) is 5.82. The van der Waals surface area contributed by atoms with E-state index in [1.807, 2.05) is 12.1 Å². The van der Waals surface area contributed by atoms with Gasteiger partial charge >= 0.3 is 5.97 Å². The van der Waals surface area contributed by atoms with Gasteiger partial charge in [-0.15, -0.1) is 0 Å². The lowest BCUT2D eigenvalue weighted by atomic mass is 9.84. The molecule has 0 amide bonds. The summed E-state index contributed by atoms with van der Waals surface area (Å²) in [4.78, 5) is 14.6. The fourth-order valence-corrected chi connectivity index (χ4v) is 3.22. The summed E-state index contributed by atoms with van der Waals surface area (Å²) >= 11 is 0. The maximum absolute atomic E-state index is 12.2. The average Bonchev–Trinajstić information content (AvgIpc) is 2.53. The van der Waals surface area contributed by atoms with Crippen LogP contribution in [0.5, 0.6) is 5.75 Å². The summed E-state index contributed by atoms with van der Waals surface area (Å²) in [6.45, 7) is 5.37. The zero-order valence-electron chi connectivity index (χ0n) is 13.3. The van der Waals surface area contributed by atoms with Gasteiger partial charge in [-0.25, -0.2) is 0 Å². The molecule has 1 aliphatic rings. The molecule has 0 aromatic heterocycles. The summed E-state index contributed by atoms with van der Waals surface area (Å²) in [5.41, 5.74) is 1.15. The van der Waals surface area contributed by atoms with Gasteiger partial charge in [-0.05, 0) is 50.9 Å². The highest BCUT2D eigenvalue weighted by Crippen LogP contribution is 2.38. The maximum Gasteiger partial charge on any atom is 0.310 e. The molecule has 116 valence electrons. The van der Waals surface area contributed by atoms with Crippen molar-refractivity contribution in [3.8, 4) is 5.75 Å². The average molecular weight is 291 g/mol. The zero-order chi connectivity index (χ0) is 15.4. The minimum atomic E-state index is -0.110. The smallest absolute Gasteiger partial charge is 0.310 e. The molecule has 1 aliphatic heterocycles. The third-order valence-electron chi connectivity index (χ3n) is 4.29. The van der Waals surface area contributed by atoms with E-state index in [-0.39, 0.29) is 17.9 Å². The van der Waals surface area contributed by atoms with Crippen LogP contribution in [-0.4, -0.2) is 37.7 Å². The summed E-state index contributed by atoms with van der Waals surface area (Å²) < 4.78 is 10.2. The molecule has 21 heavy (non-hydrogen) atoms. The van der Waals surface area contributed by atoms with Gasteiger partial charge in [-0.1, -0.05) is 12.1 Å². The van der Waals surface area contributed by atoms with Gasteiger partial charge in [0.05, 0.1) is 20.1 Å². The van der Waals surface area contributed by atoms with Gasteiger partial charge in [0.15, 0.2) is 0 Å². The van der Waals surface area contributed by atoms with Crippen LogP contribution >= 0.6 is 0 Å². The Morgan fingerprint density at radius 3 is 2.43 bits per heavy atom. The van der Waals surface area contributed by atoms with E-state index in [4.69, 9.17) is 9.47 Å². The first kappa shape index (κ1) is 15.8. The van der Waals surface area contributed by atoms with Crippen molar-refractivity contribution >= 4 is 5.97 Å². The number of nitrogens with zero attached hydrogens (tertiary/aromatic N) is 1. The van der Waals surface area contributed by atoms with Crippen LogP contribution in [0.4, 0.5) is 0 Å². The lowest BCUT2D eigenvalue weighted by molar-refractivity contribution is -0.150. The van der Waals surface area contributed by atoms with Gasteiger partial charge in [0.25, 0.3) is 0 Å². The van der Waals surface area contributed by atoms with Crippen molar-refractivity contribution in [3.05, 3.63) is 29.8 Å². The number of carbonyl (C=O) groups excluding carboxylic acids is 1. The van der Waals surface area contributed by atoms with Crippen LogP contribution < -0.4 is 4.74 Å². The van der Waals surface area contributed by atoms with Crippen LogP contribution in [0.15, 0.2) is 24.3 Å². The van der Waals surface area contributed by atoms with Gasteiger partial charge in [0, 0.05) is 12.1 Å². The van der Waals surface area contributed by atoms with Crippen LogP contribution in [0, 0.1) is 5.92 Å². The highest BCUT2D eigenvalue weighted by Gasteiger charge is 2.38. The van der Waals surface area contributed by atoms with Crippen molar-refractivity contribution in [1.29, 1.82) is 0 Å². The quantitative estimate of drug-likeness (QED) is 0.799. The standard InChI is InChI=1S/C17H25NO3/c1-12(2)18-11-5-6-15(17(19)21-4)16(18)13-7-9-14(20-3)10-8-13/h7-10,12,15-16H,5-6,11H2,1-4H3/t15-,16+/m0/s1. The molecule has 0 saturated carbocycles. The molecule has 4 nitrogen and oxygen atoms in total. The Kier molecular flexibility index (Phi) is 5.23. The van der Waals surface area contributed by atoms with E-state index in [1.165, 1.54) is 7.11 Å². The Hall–Kier alpha value is -1.55. The van der Waals surface area contributed by atoms with Crippen molar-refractivity contribution in [3.63, 3.8) is 0 Å². The number of piperidine rings is 1. The molecule has 1 heterocycles. The Balaban J connectivity index is 2.35.